The smallest absolute Gasteiger partial charge is 0.275 e. The third-order valence-corrected chi connectivity index (χ3v) is 6.54. The molecule has 3 N–H and O–H groups in total. The lowest BCUT2D eigenvalue weighted by atomic mass is 9.98. The zero-order chi connectivity index (χ0) is 19.3. The van der Waals surface area contributed by atoms with Gasteiger partial charge in [-0.3, -0.25) is 4.79 Å². The molecule has 1 heterocycles. The molecule has 0 spiro atoms. The molecule has 2 atom stereocenters. The fraction of sp³-hybridized carbons (Fsp3) is 0.350. The molecule has 0 bridgehead atoms. The van der Waals surface area contributed by atoms with Gasteiger partial charge in [-0.2, -0.15) is 0 Å². The van der Waals surface area contributed by atoms with Crippen molar-refractivity contribution in [1.29, 1.82) is 0 Å². The minimum absolute atomic E-state index is 0.0323. The summed E-state index contributed by atoms with van der Waals surface area (Å²) in [5.74, 6) is 0.830. The number of hydrogen-bond acceptors (Lipinski definition) is 4. The fourth-order valence-corrected chi connectivity index (χ4v) is 5.03. The Morgan fingerprint density at radius 1 is 1.15 bits per heavy atom. The molecule has 144 valence electrons. The highest BCUT2D eigenvalue weighted by molar-refractivity contribution is 7.91. The van der Waals surface area contributed by atoms with Crippen molar-refractivity contribution < 1.29 is 23.3 Å². The fourth-order valence-electron chi connectivity index (χ4n) is 3.36. The van der Waals surface area contributed by atoms with Gasteiger partial charge >= 0.3 is 0 Å². The third-order valence-electron chi connectivity index (χ3n) is 4.77. The average molecular weight is 389 g/mol. The SMILES string of the molecule is COc1ccc([C@@H]([NH2+]CC(=O)N[C@H]2CCS(=O)(=O)C2)c2ccccc2)cc1. The second-order valence-corrected chi connectivity index (χ2v) is 9.00. The number of quaternary nitrogens is 1. The molecule has 3 rings (SSSR count). The van der Waals surface area contributed by atoms with E-state index in [0.29, 0.717) is 6.42 Å². The maximum atomic E-state index is 12.3. The molecule has 1 saturated heterocycles. The van der Waals surface area contributed by atoms with Crippen LogP contribution in [0, 0.1) is 0 Å². The first-order valence-corrected chi connectivity index (χ1v) is 10.8. The molecule has 7 heteroatoms. The van der Waals surface area contributed by atoms with Crippen LogP contribution in [-0.2, 0) is 14.6 Å². The van der Waals surface area contributed by atoms with Crippen molar-refractivity contribution in [2.24, 2.45) is 0 Å². The lowest BCUT2D eigenvalue weighted by Crippen LogP contribution is -2.88. The Balaban J connectivity index is 1.67. The van der Waals surface area contributed by atoms with Gasteiger partial charge in [-0.05, 0) is 30.7 Å². The summed E-state index contributed by atoms with van der Waals surface area (Å²) < 4.78 is 28.3. The van der Waals surface area contributed by atoms with Crippen molar-refractivity contribution in [3.8, 4) is 5.75 Å². The summed E-state index contributed by atoms with van der Waals surface area (Å²) in [4.78, 5) is 12.3. The van der Waals surface area contributed by atoms with Crippen LogP contribution in [0.2, 0.25) is 0 Å². The molecular formula is C20H25N2O4S+. The van der Waals surface area contributed by atoms with Gasteiger partial charge < -0.3 is 15.4 Å². The Kier molecular flexibility index (Phi) is 6.13. The number of amides is 1. The van der Waals surface area contributed by atoms with Gasteiger partial charge in [0.05, 0.1) is 18.6 Å². The molecule has 2 aromatic rings. The Bertz CT molecular complexity index is 867. The highest BCUT2D eigenvalue weighted by Crippen LogP contribution is 2.21. The summed E-state index contributed by atoms with van der Waals surface area (Å²) in [6.45, 7) is 0.224. The van der Waals surface area contributed by atoms with Gasteiger partial charge in [0.2, 0.25) is 0 Å². The number of rotatable bonds is 7. The van der Waals surface area contributed by atoms with Gasteiger partial charge in [-0.25, -0.2) is 8.42 Å². The van der Waals surface area contributed by atoms with E-state index in [0.717, 1.165) is 16.9 Å². The van der Waals surface area contributed by atoms with E-state index in [-0.39, 0.29) is 36.0 Å². The predicted molar refractivity (Wildman–Crippen MR) is 103 cm³/mol. The first-order chi connectivity index (χ1) is 13.0. The van der Waals surface area contributed by atoms with Gasteiger partial charge in [0, 0.05) is 17.2 Å². The van der Waals surface area contributed by atoms with Crippen molar-refractivity contribution in [3.63, 3.8) is 0 Å². The largest absolute Gasteiger partial charge is 0.497 e. The van der Waals surface area contributed by atoms with Crippen LogP contribution in [0.3, 0.4) is 0 Å². The zero-order valence-electron chi connectivity index (χ0n) is 15.3. The number of sulfone groups is 1. The first-order valence-electron chi connectivity index (χ1n) is 8.99. The molecule has 0 aliphatic carbocycles. The molecule has 2 aromatic carbocycles. The molecular weight excluding hydrogens is 364 g/mol. The van der Waals surface area contributed by atoms with Crippen molar-refractivity contribution in [1.82, 2.24) is 5.32 Å². The lowest BCUT2D eigenvalue weighted by molar-refractivity contribution is -0.676. The van der Waals surface area contributed by atoms with Crippen LogP contribution < -0.4 is 15.4 Å². The van der Waals surface area contributed by atoms with Crippen molar-refractivity contribution in [2.75, 3.05) is 25.2 Å². The molecule has 1 amide bonds. The van der Waals surface area contributed by atoms with Crippen molar-refractivity contribution in [3.05, 3.63) is 65.7 Å². The summed E-state index contributed by atoms with van der Waals surface area (Å²) in [5, 5.41) is 4.81. The van der Waals surface area contributed by atoms with Crippen LogP contribution in [0.5, 0.6) is 5.75 Å². The molecule has 0 radical (unpaired) electrons. The number of ether oxygens (including phenoxy) is 1. The molecule has 27 heavy (non-hydrogen) atoms. The molecule has 0 aromatic heterocycles. The summed E-state index contributed by atoms with van der Waals surface area (Å²) >= 11 is 0. The number of hydrogen-bond donors (Lipinski definition) is 2. The van der Waals surface area contributed by atoms with E-state index >= 15 is 0 Å². The number of carbonyl (C=O) groups excluding carboxylic acids is 1. The van der Waals surface area contributed by atoms with Crippen LogP contribution in [0.25, 0.3) is 0 Å². The maximum absolute atomic E-state index is 12.3. The maximum Gasteiger partial charge on any atom is 0.275 e. The summed E-state index contributed by atoms with van der Waals surface area (Å²) in [6, 6.07) is 17.5. The van der Waals surface area contributed by atoms with E-state index in [1.807, 2.05) is 59.9 Å². The van der Waals surface area contributed by atoms with Crippen LogP contribution in [-0.4, -0.2) is 45.5 Å². The molecule has 1 aliphatic rings. The Hall–Kier alpha value is -2.38. The normalized spacial score (nSPS) is 19.4. The monoisotopic (exact) mass is 389 g/mol. The Morgan fingerprint density at radius 2 is 1.81 bits per heavy atom. The quantitative estimate of drug-likeness (QED) is 0.728. The number of carbonyl (C=O) groups is 1. The van der Waals surface area contributed by atoms with E-state index in [4.69, 9.17) is 4.74 Å². The van der Waals surface area contributed by atoms with E-state index < -0.39 is 9.84 Å². The summed E-state index contributed by atoms with van der Waals surface area (Å²) in [6.07, 6.45) is 0.495. The summed E-state index contributed by atoms with van der Waals surface area (Å²) in [7, 11) is -1.37. The van der Waals surface area contributed by atoms with Crippen LogP contribution in [0.15, 0.2) is 54.6 Å². The van der Waals surface area contributed by atoms with Crippen LogP contribution >= 0.6 is 0 Å². The average Bonchev–Trinajstić information content (AvgIpc) is 3.01. The molecule has 0 unspecified atom stereocenters. The van der Waals surface area contributed by atoms with Gasteiger partial charge in [-0.15, -0.1) is 0 Å². The summed E-state index contributed by atoms with van der Waals surface area (Å²) in [5.41, 5.74) is 2.16. The van der Waals surface area contributed by atoms with Crippen LogP contribution in [0.4, 0.5) is 0 Å². The molecule has 1 aliphatic heterocycles. The number of benzene rings is 2. The van der Waals surface area contributed by atoms with Gasteiger partial charge in [0.25, 0.3) is 5.91 Å². The second-order valence-electron chi connectivity index (χ2n) is 6.77. The molecule has 0 saturated carbocycles. The number of nitrogens with two attached hydrogens (primary N) is 1. The van der Waals surface area contributed by atoms with E-state index in [1.165, 1.54) is 0 Å². The van der Waals surface area contributed by atoms with E-state index in [2.05, 4.69) is 5.32 Å². The van der Waals surface area contributed by atoms with Gasteiger partial charge in [-0.1, -0.05) is 30.3 Å². The van der Waals surface area contributed by atoms with E-state index in [9.17, 15) is 13.2 Å². The van der Waals surface area contributed by atoms with Crippen molar-refractivity contribution in [2.45, 2.75) is 18.5 Å². The topological polar surface area (TPSA) is 89.1 Å². The Morgan fingerprint density at radius 3 is 2.41 bits per heavy atom. The van der Waals surface area contributed by atoms with Crippen LogP contribution in [0.1, 0.15) is 23.6 Å². The predicted octanol–water partition coefficient (Wildman–Crippen LogP) is 0.651. The zero-order valence-corrected chi connectivity index (χ0v) is 16.1. The highest BCUT2D eigenvalue weighted by Gasteiger charge is 2.29. The standard InChI is InChI=1S/C20H24N2O4S/c1-26-18-9-7-16(8-10-18)20(15-5-3-2-4-6-15)21-13-19(23)22-17-11-12-27(24,25)14-17/h2-10,17,20-21H,11-14H2,1H3,(H,22,23)/p+1/t17-,20-/m0/s1. The van der Waals surface area contributed by atoms with Gasteiger partial charge in [0.15, 0.2) is 16.4 Å². The van der Waals surface area contributed by atoms with E-state index in [1.54, 1.807) is 7.11 Å². The van der Waals surface area contributed by atoms with Crippen molar-refractivity contribution >= 4 is 15.7 Å². The highest BCUT2D eigenvalue weighted by atomic mass is 32.2. The molecule has 6 nitrogen and oxygen atoms in total. The third kappa shape index (κ3) is 5.30. The number of methoxy groups -OCH3 is 1. The minimum Gasteiger partial charge on any atom is -0.497 e. The van der Waals surface area contributed by atoms with Gasteiger partial charge in [0.1, 0.15) is 11.8 Å². The first kappa shape index (κ1) is 19.4. The number of nitrogens with one attached hydrogen (secondary N) is 1. The second kappa shape index (κ2) is 8.54. The molecule has 1 fully saturated rings. The minimum atomic E-state index is -3.00. The lowest BCUT2D eigenvalue weighted by Gasteiger charge is -2.18. The Labute approximate surface area is 159 Å².